The van der Waals surface area contributed by atoms with Crippen LogP contribution < -0.4 is 0 Å². The molecule has 1 saturated carbocycles. The van der Waals surface area contributed by atoms with Crippen molar-refractivity contribution in [3.63, 3.8) is 0 Å². The summed E-state index contributed by atoms with van der Waals surface area (Å²) in [6, 6.07) is 0.497. The summed E-state index contributed by atoms with van der Waals surface area (Å²) in [5.41, 5.74) is 0. The average Bonchev–Trinajstić information content (AvgIpc) is 2.95. The highest BCUT2D eigenvalue weighted by atomic mass is 32.2. The van der Waals surface area contributed by atoms with Crippen molar-refractivity contribution in [1.29, 1.82) is 0 Å². The second-order valence-corrected chi connectivity index (χ2v) is 6.04. The van der Waals surface area contributed by atoms with E-state index in [1.807, 2.05) is 9.36 Å². The monoisotopic (exact) mass is 280 g/mol. The van der Waals surface area contributed by atoms with E-state index in [-0.39, 0.29) is 0 Å². The third kappa shape index (κ3) is 2.91. The lowest BCUT2D eigenvalue weighted by atomic mass is 10.2. The van der Waals surface area contributed by atoms with Crippen LogP contribution in [0.2, 0.25) is 0 Å². The summed E-state index contributed by atoms with van der Waals surface area (Å²) in [4.78, 5) is 0. The number of aromatic nitrogens is 8. The Balaban J connectivity index is 1.65. The molecule has 102 valence electrons. The minimum Gasteiger partial charge on any atom is -0.226 e. The molecule has 9 heteroatoms. The van der Waals surface area contributed by atoms with Gasteiger partial charge in [-0.05, 0) is 39.6 Å². The van der Waals surface area contributed by atoms with Gasteiger partial charge in [-0.1, -0.05) is 25.6 Å². The minimum absolute atomic E-state index is 0.497. The zero-order valence-electron chi connectivity index (χ0n) is 11.0. The minimum atomic E-state index is 0.497. The van der Waals surface area contributed by atoms with Crippen LogP contribution in [0, 0.1) is 5.92 Å². The Morgan fingerprint density at radius 3 is 2.74 bits per heavy atom. The Morgan fingerprint density at radius 1 is 1.21 bits per heavy atom. The molecule has 2 aromatic rings. The number of tetrazole rings is 2. The lowest BCUT2D eigenvalue weighted by Gasteiger charge is -2.06. The molecular weight excluding hydrogens is 264 g/mol. The molecule has 0 N–H and O–H groups in total. The first-order valence-corrected chi connectivity index (χ1v) is 7.38. The largest absolute Gasteiger partial charge is 0.226 e. The van der Waals surface area contributed by atoms with Gasteiger partial charge >= 0.3 is 0 Å². The lowest BCUT2D eigenvalue weighted by molar-refractivity contribution is 0.445. The van der Waals surface area contributed by atoms with Crippen LogP contribution in [-0.2, 0) is 12.3 Å². The molecular formula is C10H16N8S. The van der Waals surface area contributed by atoms with E-state index in [4.69, 9.17) is 0 Å². The fourth-order valence-electron chi connectivity index (χ4n) is 1.80. The van der Waals surface area contributed by atoms with Gasteiger partial charge in [-0.3, -0.25) is 0 Å². The third-order valence-corrected chi connectivity index (χ3v) is 3.77. The van der Waals surface area contributed by atoms with Crippen molar-refractivity contribution in [3.8, 4) is 0 Å². The Hall–Kier alpha value is -1.51. The first-order valence-electron chi connectivity index (χ1n) is 6.39. The first kappa shape index (κ1) is 12.5. The number of hydrogen-bond acceptors (Lipinski definition) is 7. The second-order valence-electron chi connectivity index (χ2n) is 5.10. The van der Waals surface area contributed by atoms with Crippen molar-refractivity contribution in [2.24, 2.45) is 5.92 Å². The average molecular weight is 280 g/mol. The smallest absolute Gasteiger partial charge is 0.209 e. The molecule has 1 fully saturated rings. The molecule has 8 nitrogen and oxygen atoms in total. The molecule has 0 atom stereocenters. The van der Waals surface area contributed by atoms with E-state index < -0.39 is 0 Å². The summed E-state index contributed by atoms with van der Waals surface area (Å²) in [6.07, 6.45) is 2.35. The van der Waals surface area contributed by atoms with Crippen LogP contribution in [0.5, 0.6) is 0 Å². The van der Waals surface area contributed by atoms with Gasteiger partial charge in [0, 0.05) is 6.54 Å². The molecule has 0 radical (unpaired) electrons. The maximum absolute atomic E-state index is 4.07. The van der Waals surface area contributed by atoms with Crippen LogP contribution in [0.3, 0.4) is 0 Å². The highest BCUT2D eigenvalue weighted by Crippen LogP contribution is 2.35. The van der Waals surface area contributed by atoms with E-state index in [2.05, 4.69) is 44.9 Å². The van der Waals surface area contributed by atoms with Gasteiger partial charge in [0.2, 0.25) is 5.16 Å². The van der Waals surface area contributed by atoms with Crippen LogP contribution in [0.4, 0.5) is 0 Å². The van der Waals surface area contributed by atoms with Crippen LogP contribution in [0.25, 0.3) is 0 Å². The fourth-order valence-corrected chi connectivity index (χ4v) is 2.60. The Morgan fingerprint density at radius 2 is 2.00 bits per heavy atom. The van der Waals surface area contributed by atoms with E-state index in [1.54, 1.807) is 11.8 Å². The summed E-state index contributed by atoms with van der Waals surface area (Å²) >= 11 is 1.58. The Bertz CT molecular complexity index is 543. The Labute approximate surface area is 114 Å². The van der Waals surface area contributed by atoms with Crippen molar-refractivity contribution in [2.45, 2.75) is 50.2 Å². The summed E-state index contributed by atoms with van der Waals surface area (Å²) in [6.45, 7) is 5.11. The second kappa shape index (κ2) is 5.24. The zero-order valence-corrected chi connectivity index (χ0v) is 11.8. The molecule has 2 aromatic heterocycles. The van der Waals surface area contributed by atoms with Crippen molar-refractivity contribution < 1.29 is 0 Å². The number of thioether (sulfide) groups is 1. The quantitative estimate of drug-likeness (QED) is 0.728. The predicted octanol–water partition coefficient (Wildman–Crippen LogP) is 0.943. The standard InChI is InChI=1S/C10H16N8S/c1-7(2)5-17-10(12-14-15-17)19-6-9-11-13-16-18(9)8-3-4-8/h7-8H,3-6H2,1-2H3. The van der Waals surface area contributed by atoms with Gasteiger partial charge in [-0.15, -0.1) is 10.2 Å². The van der Waals surface area contributed by atoms with Crippen molar-refractivity contribution in [1.82, 2.24) is 40.4 Å². The van der Waals surface area contributed by atoms with Gasteiger partial charge < -0.3 is 0 Å². The van der Waals surface area contributed by atoms with Crippen LogP contribution in [-0.4, -0.2) is 40.4 Å². The molecule has 0 aliphatic heterocycles. The van der Waals surface area contributed by atoms with Gasteiger partial charge in [0.15, 0.2) is 5.82 Å². The molecule has 0 unspecified atom stereocenters. The van der Waals surface area contributed by atoms with Gasteiger partial charge in [-0.25, -0.2) is 9.36 Å². The highest BCUT2D eigenvalue weighted by Gasteiger charge is 2.27. The van der Waals surface area contributed by atoms with E-state index in [9.17, 15) is 0 Å². The zero-order chi connectivity index (χ0) is 13.2. The molecule has 0 amide bonds. The predicted molar refractivity (Wildman–Crippen MR) is 68.3 cm³/mol. The van der Waals surface area contributed by atoms with Crippen LogP contribution in [0.15, 0.2) is 5.16 Å². The topological polar surface area (TPSA) is 87.2 Å². The fraction of sp³-hybridized carbons (Fsp3) is 0.800. The summed E-state index contributed by atoms with van der Waals surface area (Å²) < 4.78 is 3.75. The summed E-state index contributed by atoms with van der Waals surface area (Å²) in [5.74, 6) is 2.10. The molecule has 0 saturated heterocycles. The van der Waals surface area contributed by atoms with Gasteiger partial charge in [0.1, 0.15) is 0 Å². The van der Waals surface area contributed by atoms with Crippen molar-refractivity contribution in [3.05, 3.63) is 5.82 Å². The molecule has 0 bridgehead atoms. The van der Waals surface area contributed by atoms with Crippen LogP contribution in [0.1, 0.15) is 38.6 Å². The molecule has 3 rings (SSSR count). The van der Waals surface area contributed by atoms with Crippen molar-refractivity contribution >= 4 is 11.8 Å². The van der Waals surface area contributed by atoms with Crippen LogP contribution >= 0.6 is 11.8 Å². The molecule has 1 aliphatic carbocycles. The maximum Gasteiger partial charge on any atom is 0.209 e. The van der Waals surface area contributed by atoms with Gasteiger partial charge in [0.05, 0.1) is 11.8 Å². The number of rotatable bonds is 6. The summed E-state index contributed by atoms with van der Waals surface area (Å²) in [7, 11) is 0. The summed E-state index contributed by atoms with van der Waals surface area (Å²) in [5, 5.41) is 24.4. The normalized spacial score (nSPS) is 15.3. The van der Waals surface area contributed by atoms with E-state index in [1.165, 1.54) is 12.8 Å². The maximum atomic E-state index is 4.07. The third-order valence-electron chi connectivity index (χ3n) is 2.82. The first-order chi connectivity index (χ1) is 9.24. The van der Waals surface area contributed by atoms with Gasteiger partial charge in [0.25, 0.3) is 0 Å². The van der Waals surface area contributed by atoms with Crippen molar-refractivity contribution in [2.75, 3.05) is 0 Å². The molecule has 2 heterocycles. The molecule has 1 aliphatic rings. The van der Waals surface area contributed by atoms with Gasteiger partial charge in [-0.2, -0.15) is 0 Å². The SMILES string of the molecule is CC(C)Cn1nnnc1SCc1nnnn1C1CC1. The lowest BCUT2D eigenvalue weighted by Crippen LogP contribution is -2.08. The van der Waals surface area contributed by atoms with E-state index in [0.29, 0.717) is 17.7 Å². The number of nitrogens with zero attached hydrogens (tertiary/aromatic N) is 8. The van der Waals surface area contributed by atoms with E-state index in [0.717, 1.165) is 17.5 Å². The molecule has 19 heavy (non-hydrogen) atoms. The highest BCUT2D eigenvalue weighted by molar-refractivity contribution is 7.98. The Kier molecular flexibility index (Phi) is 3.45. The molecule has 0 spiro atoms. The molecule has 0 aromatic carbocycles. The van der Waals surface area contributed by atoms with E-state index >= 15 is 0 Å². The number of hydrogen-bond donors (Lipinski definition) is 0.